The van der Waals surface area contributed by atoms with Crippen LogP contribution in [0, 0.1) is 6.92 Å². The molecule has 158 valence electrons. The predicted octanol–water partition coefficient (Wildman–Crippen LogP) is 3.67. The van der Waals surface area contributed by atoms with E-state index in [-0.39, 0.29) is 5.91 Å². The number of nitrogens with zero attached hydrogens (tertiary/aromatic N) is 5. The Kier molecular flexibility index (Phi) is 6.22. The van der Waals surface area contributed by atoms with Gasteiger partial charge in [-0.15, -0.1) is 0 Å². The number of anilines is 1. The number of amides is 1. The Balaban J connectivity index is 1.54. The maximum atomic E-state index is 12.5. The van der Waals surface area contributed by atoms with Crippen LogP contribution in [-0.2, 0) is 6.54 Å². The predicted molar refractivity (Wildman–Crippen MR) is 121 cm³/mol. The zero-order chi connectivity index (χ0) is 21.1. The molecule has 0 unspecified atom stereocenters. The first kappa shape index (κ1) is 20.7. The minimum atomic E-state index is -0.0620. The fraction of sp³-hybridized carbons (Fsp3) is 0.455. The van der Waals surface area contributed by atoms with Crippen molar-refractivity contribution in [2.24, 2.45) is 0 Å². The molecule has 3 heterocycles. The molecule has 1 aromatic carbocycles. The van der Waals surface area contributed by atoms with E-state index in [1.54, 1.807) is 11.8 Å². The van der Waals surface area contributed by atoms with Crippen molar-refractivity contribution in [3.05, 3.63) is 41.6 Å². The number of hydrogen-bond donors (Lipinski definition) is 1. The molecule has 4 rings (SSSR count). The van der Waals surface area contributed by atoms with Crippen molar-refractivity contribution in [1.29, 1.82) is 0 Å². The average molecular weight is 425 g/mol. The summed E-state index contributed by atoms with van der Waals surface area (Å²) in [5.41, 5.74) is 2.51. The molecule has 1 saturated heterocycles. The number of benzene rings is 1. The minimum absolute atomic E-state index is 0.0620. The van der Waals surface area contributed by atoms with Crippen molar-refractivity contribution in [2.45, 2.75) is 50.6 Å². The molecular formula is C22H28N6OS. The summed E-state index contributed by atoms with van der Waals surface area (Å²) in [6.07, 6.45) is 4.24. The molecule has 1 aliphatic rings. The van der Waals surface area contributed by atoms with Crippen molar-refractivity contribution in [3.8, 4) is 0 Å². The second kappa shape index (κ2) is 9.04. The largest absolute Gasteiger partial charge is 0.356 e. The first-order chi connectivity index (χ1) is 14.5. The highest BCUT2D eigenvalue weighted by molar-refractivity contribution is 7.99. The lowest BCUT2D eigenvalue weighted by atomic mass is 10.1. The molecule has 0 bridgehead atoms. The first-order valence-corrected chi connectivity index (χ1v) is 11.4. The summed E-state index contributed by atoms with van der Waals surface area (Å²) in [7, 11) is 0. The molecule has 1 aliphatic heterocycles. The van der Waals surface area contributed by atoms with Gasteiger partial charge in [0.15, 0.2) is 10.8 Å². The van der Waals surface area contributed by atoms with Gasteiger partial charge in [0.05, 0.1) is 18.1 Å². The van der Waals surface area contributed by atoms with Crippen molar-refractivity contribution in [1.82, 2.24) is 25.1 Å². The fourth-order valence-corrected chi connectivity index (χ4v) is 4.42. The highest BCUT2D eigenvalue weighted by atomic mass is 32.2. The Morgan fingerprint density at radius 3 is 2.70 bits per heavy atom. The number of hydrogen-bond acceptors (Lipinski definition) is 6. The summed E-state index contributed by atoms with van der Waals surface area (Å²) in [4.78, 5) is 24.5. The summed E-state index contributed by atoms with van der Waals surface area (Å²) in [6, 6.07) is 7.61. The third kappa shape index (κ3) is 4.43. The number of thioether (sulfide) groups is 1. The number of carbonyl (C=O) groups is 1. The Hall–Kier alpha value is -2.61. The standard InChI is InChI=1S/C22H28N6OS/c1-15(2)30-22-25-19(27-11-6-7-12-27)18-14-24-28(20(18)26-22)13-10-23-21(29)17-9-5-4-8-16(17)3/h4-5,8-9,14-15H,6-7,10-13H2,1-3H3,(H,23,29). The van der Waals surface area contributed by atoms with Crippen LogP contribution in [0.1, 0.15) is 42.6 Å². The van der Waals surface area contributed by atoms with Crippen LogP contribution in [0.15, 0.2) is 35.6 Å². The van der Waals surface area contributed by atoms with E-state index < -0.39 is 0 Å². The van der Waals surface area contributed by atoms with Gasteiger partial charge in [-0.3, -0.25) is 4.79 Å². The summed E-state index contributed by atoms with van der Waals surface area (Å²) >= 11 is 1.67. The summed E-state index contributed by atoms with van der Waals surface area (Å²) < 4.78 is 1.87. The summed E-state index contributed by atoms with van der Waals surface area (Å²) in [5, 5.41) is 9.73. The van der Waals surface area contributed by atoms with Crippen molar-refractivity contribution < 1.29 is 4.79 Å². The number of aryl methyl sites for hydroxylation is 1. The van der Waals surface area contributed by atoms with Crippen LogP contribution in [0.2, 0.25) is 0 Å². The third-order valence-electron chi connectivity index (χ3n) is 5.20. The molecule has 0 spiro atoms. The van der Waals surface area contributed by atoms with Gasteiger partial charge >= 0.3 is 0 Å². The van der Waals surface area contributed by atoms with Crippen LogP contribution in [-0.4, -0.2) is 50.5 Å². The van der Waals surface area contributed by atoms with Gasteiger partial charge in [0, 0.05) is 30.4 Å². The van der Waals surface area contributed by atoms with Gasteiger partial charge in [0.25, 0.3) is 5.91 Å². The molecule has 0 radical (unpaired) electrons. The molecule has 1 amide bonds. The lowest BCUT2D eigenvalue weighted by molar-refractivity contribution is 0.0951. The molecule has 1 N–H and O–H groups in total. The molecule has 7 nitrogen and oxygen atoms in total. The Morgan fingerprint density at radius 1 is 1.20 bits per heavy atom. The molecular weight excluding hydrogens is 396 g/mol. The number of fused-ring (bicyclic) bond motifs is 1. The van der Waals surface area contributed by atoms with Gasteiger partial charge in [-0.1, -0.05) is 43.8 Å². The highest BCUT2D eigenvalue weighted by Gasteiger charge is 2.21. The Labute approximate surface area is 181 Å². The number of aromatic nitrogens is 4. The molecule has 0 saturated carbocycles. The minimum Gasteiger partial charge on any atom is -0.356 e. The molecule has 30 heavy (non-hydrogen) atoms. The van der Waals surface area contributed by atoms with Gasteiger partial charge in [0.2, 0.25) is 0 Å². The van der Waals surface area contributed by atoms with Crippen LogP contribution in [0.4, 0.5) is 5.82 Å². The quantitative estimate of drug-likeness (QED) is 0.461. The second-order valence-electron chi connectivity index (χ2n) is 7.87. The zero-order valence-corrected chi connectivity index (χ0v) is 18.6. The van der Waals surface area contributed by atoms with Crippen molar-refractivity contribution in [3.63, 3.8) is 0 Å². The van der Waals surface area contributed by atoms with Crippen molar-refractivity contribution >= 4 is 34.5 Å². The monoisotopic (exact) mass is 424 g/mol. The maximum Gasteiger partial charge on any atom is 0.251 e. The van der Waals surface area contributed by atoms with E-state index in [0.717, 1.165) is 40.7 Å². The van der Waals surface area contributed by atoms with E-state index in [9.17, 15) is 4.79 Å². The number of nitrogens with one attached hydrogen (secondary N) is 1. The van der Waals surface area contributed by atoms with E-state index in [2.05, 4.69) is 29.2 Å². The average Bonchev–Trinajstić information content (AvgIpc) is 3.38. The van der Waals surface area contributed by atoms with E-state index >= 15 is 0 Å². The lowest BCUT2D eigenvalue weighted by Crippen LogP contribution is -2.28. The second-order valence-corrected chi connectivity index (χ2v) is 9.41. The molecule has 8 heteroatoms. The Bertz CT molecular complexity index is 1040. The van der Waals surface area contributed by atoms with Crippen LogP contribution < -0.4 is 10.2 Å². The van der Waals surface area contributed by atoms with E-state index in [1.807, 2.05) is 42.1 Å². The first-order valence-electron chi connectivity index (χ1n) is 10.5. The van der Waals surface area contributed by atoms with Crippen LogP contribution in [0.25, 0.3) is 11.0 Å². The molecule has 0 aliphatic carbocycles. The van der Waals surface area contributed by atoms with E-state index in [0.29, 0.717) is 23.9 Å². The van der Waals surface area contributed by atoms with Crippen molar-refractivity contribution in [2.75, 3.05) is 24.5 Å². The van der Waals surface area contributed by atoms with Gasteiger partial charge in [-0.2, -0.15) is 5.10 Å². The molecule has 1 fully saturated rings. The van der Waals surface area contributed by atoms with E-state index in [4.69, 9.17) is 9.97 Å². The molecule has 2 aromatic heterocycles. The summed E-state index contributed by atoms with van der Waals surface area (Å²) in [6.45, 7) is 9.33. The third-order valence-corrected chi connectivity index (χ3v) is 6.07. The van der Waals surface area contributed by atoms with Crippen LogP contribution in [0.3, 0.4) is 0 Å². The number of rotatable bonds is 7. The van der Waals surface area contributed by atoms with E-state index in [1.165, 1.54) is 12.8 Å². The smallest absolute Gasteiger partial charge is 0.251 e. The molecule has 0 atom stereocenters. The maximum absolute atomic E-state index is 12.5. The van der Waals surface area contributed by atoms with Gasteiger partial charge < -0.3 is 10.2 Å². The van der Waals surface area contributed by atoms with Gasteiger partial charge in [0.1, 0.15) is 5.82 Å². The van der Waals surface area contributed by atoms with Gasteiger partial charge in [-0.05, 0) is 31.4 Å². The SMILES string of the molecule is Cc1ccccc1C(=O)NCCn1ncc2c(N3CCCC3)nc(SC(C)C)nc21. The molecule has 3 aromatic rings. The normalized spacial score (nSPS) is 14.1. The highest BCUT2D eigenvalue weighted by Crippen LogP contribution is 2.30. The zero-order valence-electron chi connectivity index (χ0n) is 17.8. The summed E-state index contributed by atoms with van der Waals surface area (Å²) in [5.74, 6) is 0.920. The topological polar surface area (TPSA) is 75.9 Å². The fourth-order valence-electron chi connectivity index (χ4n) is 3.72. The Morgan fingerprint density at radius 2 is 1.97 bits per heavy atom. The lowest BCUT2D eigenvalue weighted by Gasteiger charge is -2.18. The van der Waals surface area contributed by atoms with Crippen LogP contribution in [0.5, 0.6) is 0 Å². The number of carbonyl (C=O) groups excluding carboxylic acids is 1. The van der Waals surface area contributed by atoms with Crippen LogP contribution >= 0.6 is 11.8 Å². The van der Waals surface area contributed by atoms with Gasteiger partial charge in [-0.25, -0.2) is 14.6 Å².